The van der Waals surface area contributed by atoms with E-state index in [0.717, 1.165) is 32.1 Å². The molecular formula is C15H25N3O. The summed E-state index contributed by atoms with van der Waals surface area (Å²) in [5.41, 5.74) is 1.29. The van der Waals surface area contributed by atoms with Gasteiger partial charge in [-0.15, -0.1) is 0 Å². The normalized spacial score (nSPS) is 20.4. The van der Waals surface area contributed by atoms with Gasteiger partial charge in [0, 0.05) is 38.5 Å². The van der Waals surface area contributed by atoms with Gasteiger partial charge in [-0.3, -0.25) is 4.90 Å². The fraction of sp³-hybridized carbons (Fsp3) is 0.667. The van der Waals surface area contributed by atoms with E-state index in [1.165, 1.54) is 24.9 Å². The fourth-order valence-electron chi connectivity index (χ4n) is 2.80. The van der Waals surface area contributed by atoms with Gasteiger partial charge < -0.3 is 10.1 Å². The predicted molar refractivity (Wildman–Crippen MR) is 78.3 cm³/mol. The lowest BCUT2D eigenvalue weighted by molar-refractivity contribution is 0.0874. The molecule has 1 unspecified atom stereocenters. The number of piperidine rings is 1. The van der Waals surface area contributed by atoms with Gasteiger partial charge in [0.05, 0.1) is 6.61 Å². The summed E-state index contributed by atoms with van der Waals surface area (Å²) in [5, 5.41) is 3.34. The predicted octanol–water partition coefficient (Wildman–Crippen LogP) is 2.37. The number of nitrogens with zero attached hydrogens (tertiary/aromatic N) is 2. The van der Waals surface area contributed by atoms with Crippen molar-refractivity contribution < 1.29 is 4.74 Å². The molecule has 106 valence electrons. The van der Waals surface area contributed by atoms with Crippen molar-refractivity contribution in [1.82, 2.24) is 9.88 Å². The molecule has 0 radical (unpaired) electrons. The van der Waals surface area contributed by atoms with Crippen molar-refractivity contribution in [3.8, 4) is 0 Å². The van der Waals surface area contributed by atoms with Gasteiger partial charge >= 0.3 is 0 Å². The van der Waals surface area contributed by atoms with Crippen molar-refractivity contribution in [1.29, 1.82) is 0 Å². The summed E-state index contributed by atoms with van der Waals surface area (Å²) in [5.74, 6) is 1.71. The molecule has 0 spiro atoms. The van der Waals surface area contributed by atoms with Crippen molar-refractivity contribution in [3.63, 3.8) is 0 Å². The van der Waals surface area contributed by atoms with Crippen LogP contribution in [0.4, 0.5) is 5.82 Å². The second kappa shape index (κ2) is 7.46. The number of anilines is 1. The minimum Gasteiger partial charge on any atom is -0.384 e. The number of nitrogens with one attached hydrogen (secondary N) is 1. The highest BCUT2D eigenvalue weighted by Crippen LogP contribution is 2.21. The van der Waals surface area contributed by atoms with Crippen molar-refractivity contribution in [2.75, 3.05) is 38.7 Å². The Morgan fingerprint density at radius 1 is 1.53 bits per heavy atom. The third kappa shape index (κ3) is 4.18. The Morgan fingerprint density at radius 2 is 2.42 bits per heavy atom. The highest BCUT2D eigenvalue weighted by Gasteiger charge is 2.20. The van der Waals surface area contributed by atoms with E-state index in [1.807, 2.05) is 12.3 Å². The van der Waals surface area contributed by atoms with Gasteiger partial charge in [-0.2, -0.15) is 0 Å². The van der Waals surface area contributed by atoms with Crippen LogP contribution in [0.1, 0.15) is 25.3 Å². The van der Waals surface area contributed by atoms with Crippen molar-refractivity contribution >= 4 is 5.82 Å². The second-order valence-corrected chi connectivity index (χ2v) is 5.24. The van der Waals surface area contributed by atoms with Crippen LogP contribution in [0, 0.1) is 5.92 Å². The van der Waals surface area contributed by atoms with E-state index in [2.05, 4.69) is 28.2 Å². The van der Waals surface area contributed by atoms with E-state index in [9.17, 15) is 0 Å². The zero-order valence-corrected chi connectivity index (χ0v) is 12.1. The summed E-state index contributed by atoms with van der Waals surface area (Å²) in [4.78, 5) is 6.95. The molecule has 0 amide bonds. The summed E-state index contributed by atoms with van der Waals surface area (Å²) < 4.78 is 5.29. The average Bonchev–Trinajstić information content (AvgIpc) is 2.42. The number of hydrogen-bond donors (Lipinski definition) is 1. The zero-order valence-electron chi connectivity index (χ0n) is 12.1. The lowest BCUT2D eigenvalue weighted by Crippen LogP contribution is -2.36. The molecule has 0 bridgehead atoms. The Hall–Kier alpha value is -1.13. The third-order valence-electron chi connectivity index (χ3n) is 3.63. The first-order valence-electron chi connectivity index (χ1n) is 7.22. The summed E-state index contributed by atoms with van der Waals surface area (Å²) in [6, 6.07) is 4.19. The molecule has 2 heterocycles. The monoisotopic (exact) mass is 263 g/mol. The summed E-state index contributed by atoms with van der Waals surface area (Å²) in [6.07, 6.45) is 4.41. The first-order valence-corrected chi connectivity index (χ1v) is 7.22. The number of aromatic nitrogens is 1. The lowest BCUT2D eigenvalue weighted by Gasteiger charge is -2.32. The molecule has 1 aliphatic rings. The number of likely N-dealkylation sites (tertiary alicyclic amines) is 1. The molecular weight excluding hydrogens is 238 g/mol. The molecule has 0 aromatic carbocycles. The third-order valence-corrected chi connectivity index (χ3v) is 3.63. The number of pyridine rings is 1. The quantitative estimate of drug-likeness (QED) is 0.855. The topological polar surface area (TPSA) is 37.4 Å². The Kier molecular flexibility index (Phi) is 5.61. The first-order chi connectivity index (χ1) is 9.33. The maximum atomic E-state index is 5.29. The second-order valence-electron chi connectivity index (χ2n) is 5.24. The Morgan fingerprint density at radius 3 is 3.21 bits per heavy atom. The Labute approximate surface area is 116 Å². The van der Waals surface area contributed by atoms with Crippen LogP contribution in [0.25, 0.3) is 0 Å². The smallest absolute Gasteiger partial charge is 0.130 e. The summed E-state index contributed by atoms with van der Waals surface area (Å²) in [6.45, 7) is 7.19. The molecule has 4 nitrogen and oxygen atoms in total. The largest absolute Gasteiger partial charge is 0.384 e. The van der Waals surface area contributed by atoms with Gasteiger partial charge in [0.2, 0.25) is 0 Å². The van der Waals surface area contributed by atoms with Crippen LogP contribution in [-0.2, 0) is 11.3 Å². The van der Waals surface area contributed by atoms with Gasteiger partial charge in [-0.1, -0.05) is 6.07 Å². The van der Waals surface area contributed by atoms with E-state index >= 15 is 0 Å². The number of rotatable bonds is 6. The molecule has 4 heteroatoms. The number of ether oxygens (including phenoxy) is 1. The van der Waals surface area contributed by atoms with E-state index in [-0.39, 0.29) is 0 Å². The molecule has 1 atom stereocenters. The minimum absolute atomic E-state index is 0.679. The summed E-state index contributed by atoms with van der Waals surface area (Å²) >= 11 is 0. The van der Waals surface area contributed by atoms with E-state index in [1.54, 1.807) is 7.11 Å². The first kappa shape index (κ1) is 14.3. The Bertz CT molecular complexity index is 381. The van der Waals surface area contributed by atoms with Gasteiger partial charge in [-0.05, 0) is 38.3 Å². The van der Waals surface area contributed by atoms with Crippen LogP contribution < -0.4 is 5.32 Å². The van der Waals surface area contributed by atoms with Crippen molar-refractivity contribution in [3.05, 3.63) is 23.9 Å². The van der Waals surface area contributed by atoms with Crippen LogP contribution in [0.2, 0.25) is 0 Å². The SMILES string of the molecule is CCNc1ncccc1CN1CCCC(COC)C1. The summed E-state index contributed by atoms with van der Waals surface area (Å²) in [7, 11) is 1.79. The van der Waals surface area contributed by atoms with Crippen LogP contribution in [0.5, 0.6) is 0 Å². The Balaban J connectivity index is 1.96. The van der Waals surface area contributed by atoms with E-state index < -0.39 is 0 Å². The van der Waals surface area contributed by atoms with Gasteiger partial charge in [0.1, 0.15) is 5.82 Å². The maximum Gasteiger partial charge on any atom is 0.130 e. The van der Waals surface area contributed by atoms with Crippen molar-refractivity contribution in [2.45, 2.75) is 26.3 Å². The fourth-order valence-corrected chi connectivity index (χ4v) is 2.80. The molecule has 1 saturated heterocycles. The maximum absolute atomic E-state index is 5.29. The highest BCUT2D eigenvalue weighted by molar-refractivity contribution is 5.43. The average molecular weight is 263 g/mol. The van der Waals surface area contributed by atoms with Crippen molar-refractivity contribution in [2.24, 2.45) is 5.92 Å². The van der Waals surface area contributed by atoms with E-state index in [0.29, 0.717) is 5.92 Å². The molecule has 1 aromatic heterocycles. The molecule has 1 N–H and O–H groups in total. The highest BCUT2D eigenvalue weighted by atomic mass is 16.5. The van der Waals surface area contributed by atoms with Gasteiger partial charge in [-0.25, -0.2) is 4.98 Å². The van der Waals surface area contributed by atoms with E-state index in [4.69, 9.17) is 4.74 Å². The molecule has 19 heavy (non-hydrogen) atoms. The molecule has 0 saturated carbocycles. The standard InChI is InChI=1S/C15H25N3O/c1-3-16-15-14(7-4-8-17-15)11-18-9-5-6-13(10-18)12-19-2/h4,7-8,13H,3,5-6,9-12H2,1-2H3,(H,16,17). The van der Waals surface area contributed by atoms with Crippen LogP contribution in [0.3, 0.4) is 0 Å². The van der Waals surface area contributed by atoms with Crippen LogP contribution in [0.15, 0.2) is 18.3 Å². The van der Waals surface area contributed by atoms with Crippen LogP contribution >= 0.6 is 0 Å². The molecule has 2 rings (SSSR count). The zero-order chi connectivity index (χ0) is 13.5. The van der Waals surface area contributed by atoms with Gasteiger partial charge in [0.15, 0.2) is 0 Å². The number of methoxy groups -OCH3 is 1. The molecule has 0 aliphatic carbocycles. The lowest BCUT2D eigenvalue weighted by atomic mass is 9.98. The van der Waals surface area contributed by atoms with Crippen LogP contribution in [-0.4, -0.2) is 43.2 Å². The minimum atomic E-state index is 0.679. The van der Waals surface area contributed by atoms with Gasteiger partial charge in [0.25, 0.3) is 0 Å². The molecule has 1 aromatic rings. The molecule has 1 aliphatic heterocycles. The number of hydrogen-bond acceptors (Lipinski definition) is 4. The molecule has 1 fully saturated rings.